The van der Waals surface area contributed by atoms with Gasteiger partial charge >= 0.3 is 0 Å². The van der Waals surface area contributed by atoms with E-state index in [0.717, 1.165) is 19.4 Å². The zero-order valence-electron chi connectivity index (χ0n) is 14.4. The highest BCUT2D eigenvalue weighted by Crippen LogP contribution is 2.34. The van der Waals surface area contributed by atoms with Crippen molar-refractivity contribution in [1.29, 1.82) is 0 Å². The third kappa shape index (κ3) is 3.39. The fourth-order valence-corrected chi connectivity index (χ4v) is 3.59. The first kappa shape index (κ1) is 16.9. The molecule has 3 aliphatic rings. The number of likely N-dealkylation sites (tertiary alicyclic amines) is 1. The van der Waals surface area contributed by atoms with Crippen molar-refractivity contribution in [3.8, 4) is 0 Å². The van der Waals surface area contributed by atoms with E-state index < -0.39 is 5.60 Å². The molecule has 2 saturated heterocycles. The minimum Gasteiger partial charge on any atom is -0.386 e. The highest BCUT2D eigenvalue weighted by Gasteiger charge is 2.48. The van der Waals surface area contributed by atoms with Gasteiger partial charge in [0, 0.05) is 32.5 Å². The van der Waals surface area contributed by atoms with Crippen LogP contribution in [0.1, 0.15) is 36.0 Å². The Kier molecular flexibility index (Phi) is 4.54. The fraction of sp³-hybridized carbons (Fsp3) is 0.588. The predicted molar refractivity (Wildman–Crippen MR) is 90.4 cm³/mol. The summed E-state index contributed by atoms with van der Waals surface area (Å²) in [6, 6.07) is 1.64. The third-order valence-electron chi connectivity index (χ3n) is 5.05. The van der Waals surface area contributed by atoms with E-state index >= 15 is 0 Å². The van der Waals surface area contributed by atoms with Crippen LogP contribution in [0.25, 0.3) is 0 Å². The molecule has 2 amide bonds. The summed E-state index contributed by atoms with van der Waals surface area (Å²) >= 11 is 0. The molecule has 9 heteroatoms. The molecule has 2 atom stereocenters. The number of nitrogens with zero attached hydrogens (tertiary/aromatic N) is 4. The topological polar surface area (TPSA) is 106 Å². The maximum atomic E-state index is 12.5. The average molecular weight is 359 g/mol. The quantitative estimate of drug-likeness (QED) is 0.819. The van der Waals surface area contributed by atoms with Gasteiger partial charge in [0.25, 0.3) is 11.8 Å². The van der Waals surface area contributed by atoms with Crippen molar-refractivity contribution in [3.63, 3.8) is 0 Å². The van der Waals surface area contributed by atoms with Crippen molar-refractivity contribution in [2.75, 3.05) is 26.2 Å². The monoisotopic (exact) mass is 359 g/mol. The lowest BCUT2D eigenvalue weighted by Crippen LogP contribution is -2.40. The van der Waals surface area contributed by atoms with Crippen molar-refractivity contribution < 1.29 is 19.2 Å². The second-order valence-corrected chi connectivity index (χ2v) is 6.94. The van der Waals surface area contributed by atoms with Crippen molar-refractivity contribution in [1.82, 2.24) is 20.4 Å². The van der Waals surface area contributed by atoms with E-state index in [9.17, 15) is 9.59 Å². The molecule has 1 N–H and O–H groups in total. The van der Waals surface area contributed by atoms with Crippen LogP contribution in [-0.2, 0) is 14.4 Å². The number of carbonyl (C=O) groups excluding carboxylic acids is 2. The van der Waals surface area contributed by atoms with E-state index in [1.165, 1.54) is 12.4 Å². The number of amides is 2. The summed E-state index contributed by atoms with van der Waals surface area (Å²) in [5.74, 6) is -0.336. The molecule has 0 radical (unpaired) electrons. The molecule has 26 heavy (non-hydrogen) atoms. The average Bonchev–Trinajstić information content (AvgIpc) is 3.42. The number of oxime groups is 1. The Morgan fingerprint density at radius 3 is 3.08 bits per heavy atom. The van der Waals surface area contributed by atoms with Gasteiger partial charge in [-0.25, -0.2) is 0 Å². The fourth-order valence-electron chi connectivity index (χ4n) is 3.59. The first-order chi connectivity index (χ1) is 12.7. The molecule has 1 aromatic rings. The SMILES string of the molecule is O=C(NC[C@@H]1CCCO1)C1=NO[C@]2(CCN(C(=O)c3ccnnc3)C2)C1. The van der Waals surface area contributed by atoms with Crippen LogP contribution in [0, 0.1) is 0 Å². The van der Waals surface area contributed by atoms with Crippen LogP contribution < -0.4 is 5.32 Å². The molecule has 0 aromatic carbocycles. The van der Waals surface area contributed by atoms with E-state index in [1.807, 2.05) is 0 Å². The highest BCUT2D eigenvalue weighted by atomic mass is 16.7. The van der Waals surface area contributed by atoms with E-state index in [4.69, 9.17) is 9.57 Å². The van der Waals surface area contributed by atoms with Gasteiger partial charge < -0.3 is 19.8 Å². The zero-order chi connectivity index (χ0) is 18.0. The largest absolute Gasteiger partial charge is 0.386 e. The van der Waals surface area contributed by atoms with E-state index in [0.29, 0.717) is 43.8 Å². The minimum atomic E-state index is -0.605. The Morgan fingerprint density at radius 2 is 2.31 bits per heavy atom. The summed E-state index contributed by atoms with van der Waals surface area (Å²) in [7, 11) is 0. The maximum absolute atomic E-state index is 12.5. The molecule has 3 aliphatic heterocycles. The van der Waals surface area contributed by atoms with Crippen LogP contribution in [0.4, 0.5) is 0 Å². The summed E-state index contributed by atoms with van der Waals surface area (Å²) in [5.41, 5.74) is 0.264. The van der Waals surface area contributed by atoms with Gasteiger partial charge in [0.1, 0.15) is 5.71 Å². The second kappa shape index (κ2) is 6.99. The zero-order valence-corrected chi connectivity index (χ0v) is 14.4. The van der Waals surface area contributed by atoms with E-state index in [-0.39, 0.29) is 17.9 Å². The van der Waals surface area contributed by atoms with Gasteiger partial charge in [-0.3, -0.25) is 9.59 Å². The van der Waals surface area contributed by atoms with Crippen molar-refractivity contribution in [2.24, 2.45) is 5.16 Å². The number of hydrogen-bond acceptors (Lipinski definition) is 7. The molecular weight excluding hydrogens is 338 g/mol. The number of hydrogen-bond donors (Lipinski definition) is 1. The van der Waals surface area contributed by atoms with Crippen LogP contribution in [-0.4, -0.2) is 70.6 Å². The number of carbonyl (C=O) groups is 2. The standard InChI is InChI=1S/C17H21N5O4/c23-15(18-10-13-2-1-7-25-13)14-8-17(26-21-14)4-6-22(11-17)16(24)12-3-5-19-20-9-12/h3,5,9,13H,1-2,4,6-8,10-11H2,(H,18,23)/t13-,17+/m0/s1. The van der Waals surface area contributed by atoms with Crippen LogP contribution in [0.15, 0.2) is 23.6 Å². The number of aromatic nitrogens is 2. The molecule has 0 bridgehead atoms. The lowest BCUT2D eigenvalue weighted by Gasteiger charge is -2.21. The van der Waals surface area contributed by atoms with Gasteiger partial charge in [-0.2, -0.15) is 10.2 Å². The van der Waals surface area contributed by atoms with Crippen molar-refractivity contribution in [3.05, 3.63) is 24.0 Å². The maximum Gasteiger partial charge on any atom is 0.269 e. The number of ether oxygens (including phenoxy) is 1. The molecule has 0 unspecified atom stereocenters. The molecule has 2 fully saturated rings. The minimum absolute atomic E-state index is 0.0874. The molecule has 138 valence electrons. The summed E-state index contributed by atoms with van der Waals surface area (Å²) in [6.07, 6.45) is 6.07. The summed E-state index contributed by atoms with van der Waals surface area (Å²) in [5, 5.41) is 14.3. The van der Waals surface area contributed by atoms with Crippen molar-refractivity contribution in [2.45, 2.75) is 37.4 Å². The Morgan fingerprint density at radius 1 is 1.38 bits per heavy atom. The first-order valence-corrected chi connectivity index (χ1v) is 8.86. The lowest BCUT2D eigenvalue weighted by molar-refractivity contribution is -0.115. The first-order valence-electron chi connectivity index (χ1n) is 8.86. The molecule has 0 saturated carbocycles. The van der Waals surface area contributed by atoms with Crippen LogP contribution in [0.2, 0.25) is 0 Å². The Balaban J connectivity index is 1.31. The second-order valence-electron chi connectivity index (χ2n) is 6.94. The van der Waals surface area contributed by atoms with Gasteiger partial charge in [-0.1, -0.05) is 5.16 Å². The third-order valence-corrected chi connectivity index (χ3v) is 5.05. The van der Waals surface area contributed by atoms with Gasteiger partial charge in [0.15, 0.2) is 5.60 Å². The Labute approximate surface area is 150 Å². The number of rotatable bonds is 4. The molecule has 9 nitrogen and oxygen atoms in total. The summed E-state index contributed by atoms with van der Waals surface area (Å²) in [6.45, 7) is 2.21. The molecule has 4 rings (SSSR count). The molecule has 0 aliphatic carbocycles. The Bertz CT molecular complexity index is 719. The van der Waals surface area contributed by atoms with Gasteiger partial charge in [0.05, 0.1) is 30.6 Å². The molecule has 1 aromatic heterocycles. The lowest BCUT2D eigenvalue weighted by atomic mass is 9.96. The van der Waals surface area contributed by atoms with Gasteiger partial charge in [-0.15, -0.1) is 0 Å². The highest BCUT2D eigenvalue weighted by molar-refractivity contribution is 6.39. The molecule has 1 spiro atoms. The normalized spacial score (nSPS) is 27.5. The van der Waals surface area contributed by atoms with Crippen LogP contribution in [0.3, 0.4) is 0 Å². The Hall–Kier alpha value is -2.55. The van der Waals surface area contributed by atoms with E-state index in [2.05, 4.69) is 20.7 Å². The smallest absolute Gasteiger partial charge is 0.269 e. The molecule has 4 heterocycles. The van der Waals surface area contributed by atoms with Gasteiger partial charge in [-0.05, 0) is 18.9 Å². The van der Waals surface area contributed by atoms with E-state index in [1.54, 1.807) is 11.0 Å². The summed E-state index contributed by atoms with van der Waals surface area (Å²) < 4.78 is 5.50. The number of nitrogens with one attached hydrogen (secondary N) is 1. The predicted octanol–water partition coefficient (Wildman–Crippen LogP) is 0.133. The van der Waals surface area contributed by atoms with Crippen LogP contribution >= 0.6 is 0 Å². The van der Waals surface area contributed by atoms with Crippen LogP contribution in [0.5, 0.6) is 0 Å². The summed E-state index contributed by atoms with van der Waals surface area (Å²) in [4.78, 5) is 32.1. The molecular formula is C17H21N5O4. The van der Waals surface area contributed by atoms with Gasteiger partial charge in [0.2, 0.25) is 0 Å². The van der Waals surface area contributed by atoms with Crippen molar-refractivity contribution >= 4 is 17.5 Å².